The second-order valence-electron chi connectivity index (χ2n) is 4.65. The smallest absolute Gasteiger partial charge is 0.150 e. The van der Waals surface area contributed by atoms with Gasteiger partial charge in [-0.2, -0.15) is 0 Å². The highest BCUT2D eigenvalue weighted by atomic mass is 16.1. The van der Waals surface area contributed by atoms with Crippen molar-refractivity contribution >= 4 is 6.29 Å². The van der Waals surface area contributed by atoms with Gasteiger partial charge in [0.15, 0.2) is 0 Å². The molecule has 0 unspecified atom stereocenters. The minimum atomic E-state index is 0.699. The number of rotatable bonds is 3. The van der Waals surface area contributed by atoms with Crippen molar-refractivity contribution in [3.63, 3.8) is 0 Å². The molecule has 1 heteroatoms. The van der Waals surface area contributed by atoms with Gasteiger partial charge in [0, 0.05) is 5.56 Å². The van der Waals surface area contributed by atoms with E-state index in [-0.39, 0.29) is 0 Å². The SMILES string of the molecule is O=Cc1cccc(-c2ccccc2-c2ccccc2)c1. The molecule has 0 aliphatic rings. The Kier molecular flexibility index (Phi) is 3.42. The van der Waals surface area contributed by atoms with Crippen molar-refractivity contribution in [2.75, 3.05) is 0 Å². The van der Waals surface area contributed by atoms with Crippen LogP contribution in [0.4, 0.5) is 0 Å². The lowest BCUT2D eigenvalue weighted by Gasteiger charge is -2.10. The Hall–Kier alpha value is -2.67. The van der Waals surface area contributed by atoms with Crippen LogP contribution in [0.3, 0.4) is 0 Å². The van der Waals surface area contributed by atoms with E-state index in [1.807, 2.05) is 54.6 Å². The summed E-state index contributed by atoms with van der Waals surface area (Å²) < 4.78 is 0. The molecule has 0 heterocycles. The maximum atomic E-state index is 10.9. The summed E-state index contributed by atoms with van der Waals surface area (Å²) in [6.07, 6.45) is 0.884. The highest BCUT2D eigenvalue weighted by Crippen LogP contribution is 2.31. The maximum Gasteiger partial charge on any atom is 0.150 e. The van der Waals surface area contributed by atoms with Crippen LogP contribution in [0.15, 0.2) is 78.9 Å². The van der Waals surface area contributed by atoms with Gasteiger partial charge < -0.3 is 0 Å². The molecule has 0 aliphatic carbocycles. The third-order valence-electron chi connectivity index (χ3n) is 3.35. The number of hydrogen-bond acceptors (Lipinski definition) is 1. The van der Waals surface area contributed by atoms with Crippen LogP contribution in [0.1, 0.15) is 10.4 Å². The van der Waals surface area contributed by atoms with Gasteiger partial charge in [-0.1, -0.05) is 72.8 Å². The van der Waals surface area contributed by atoms with Crippen molar-refractivity contribution in [1.82, 2.24) is 0 Å². The third-order valence-corrected chi connectivity index (χ3v) is 3.35. The third kappa shape index (κ3) is 2.39. The van der Waals surface area contributed by atoms with E-state index in [0.29, 0.717) is 5.56 Å². The van der Waals surface area contributed by atoms with Gasteiger partial charge in [-0.25, -0.2) is 0 Å². The summed E-state index contributed by atoms with van der Waals surface area (Å²) in [5.74, 6) is 0. The van der Waals surface area contributed by atoms with Gasteiger partial charge in [-0.15, -0.1) is 0 Å². The first kappa shape index (κ1) is 12.4. The Bertz CT molecular complexity index is 730. The molecule has 0 amide bonds. The van der Waals surface area contributed by atoms with Crippen LogP contribution < -0.4 is 0 Å². The Labute approximate surface area is 118 Å². The predicted molar refractivity (Wildman–Crippen MR) is 82.7 cm³/mol. The van der Waals surface area contributed by atoms with E-state index in [9.17, 15) is 4.79 Å². The molecule has 0 fully saturated rings. The molecule has 0 N–H and O–H groups in total. The van der Waals surface area contributed by atoms with Crippen LogP contribution in [-0.4, -0.2) is 6.29 Å². The van der Waals surface area contributed by atoms with Crippen molar-refractivity contribution in [3.8, 4) is 22.3 Å². The standard InChI is InChI=1S/C19H14O/c20-14-15-7-6-10-17(13-15)19-12-5-4-11-18(19)16-8-2-1-3-9-16/h1-14H. The zero-order valence-corrected chi connectivity index (χ0v) is 11.0. The zero-order valence-electron chi connectivity index (χ0n) is 11.0. The molecule has 0 radical (unpaired) electrons. The lowest BCUT2D eigenvalue weighted by molar-refractivity contribution is 0.112. The largest absolute Gasteiger partial charge is 0.298 e. The minimum Gasteiger partial charge on any atom is -0.298 e. The van der Waals surface area contributed by atoms with E-state index >= 15 is 0 Å². The van der Waals surface area contributed by atoms with Gasteiger partial charge in [0.2, 0.25) is 0 Å². The van der Waals surface area contributed by atoms with Gasteiger partial charge >= 0.3 is 0 Å². The zero-order chi connectivity index (χ0) is 13.8. The van der Waals surface area contributed by atoms with Gasteiger partial charge in [0.1, 0.15) is 6.29 Å². The van der Waals surface area contributed by atoms with Crippen LogP contribution in [0.2, 0.25) is 0 Å². The summed E-state index contributed by atoms with van der Waals surface area (Å²) in [4.78, 5) is 10.9. The van der Waals surface area contributed by atoms with Crippen molar-refractivity contribution in [2.24, 2.45) is 0 Å². The molecule has 0 bridgehead atoms. The normalized spacial score (nSPS) is 10.2. The summed E-state index contributed by atoms with van der Waals surface area (Å²) >= 11 is 0. The molecular formula is C19H14O. The average molecular weight is 258 g/mol. The van der Waals surface area contributed by atoms with Gasteiger partial charge in [-0.3, -0.25) is 4.79 Å². The lowest BCUT2D eigenvalue weighted by atomic mass is 9.94. The van der Waals surface area contributed by atoms with Crippen LogP contribution in [0.25, 0.3) is 22.3 Å². The summed E-state index contributed by atoms with van der Waals surface area (Å²) in [7, 11) is 0. The number of carbonyl (C=O) groups is 1. The van der Waals surface area contributed by atoms with Crippen LogP contribution in [0.5, 0.6) is 0 Å². The fourth-order valence-electron chi connectivity index (χ4n) is 2.38. The molecule has 0 atom stereocenters. The summed E-state index contributed by atoms with van der Waals surface area (Å²) in [5, 5.41) is 0. The molecule has 96 valence electrons. The summed E-state index contributed by atoms with van der Waals surface area (Å²) in [6, 6.07) is 26.2. The molecule has 3 rings (SSSR count). The highest BCUT2D eigenvalue weighted by molar-refractivity contribution is 5.86. The molecule has 0 aliphatic heterocycles. The van der Waals surface area contributed by atoms with E-state index in [1.54, 1.807) is 0 Å². The Morgan fingerprint density at radius 3 is 1.90 bits per heavy atom. The predicted octanol–water partition coefficient (Wildman–Crippen LogP) is 4.83. The molecule has 0 spiro atoms. The molecular weight excluding hydrogens is 244 g/mol. The molecule has 0 aromatic heterocycles. The molecule has 0 saturated heterocycles. The fourth-order valence-corrected chi connectivity index (χ4v) is 2.38. The first-order valence-corrected chi connectivity index (χ1v) is 6.58. The molecule has 1 nitrogen and oxygen atoms in total. The van der Waals surface area contributed by atoms with E-state index in [0.717, 1.165) is 17.4 Å². The van der Waals surface area contributed by atoms with E-state index in [1.165, 1.54) is 11.1 Å². The van der Waals surface area contributed by atoms with Crippen LogP contribution in [0, 0.1) is 0 Å². The monoisotopic (exact) mass is 258 g/mol. The Balaban J connectivity index is 2.17. The topological polar surface area (TPSA) is 17.1 Å². The summed E-state index contributed by atoms with van der Waals surface area (Å²) in [6.45, 7) is 0. The van der Waals surface area contributed by atoms with Gasteiger partial charge in [0.25, 0.3) is 0 Å². The van der Waals surface area contributed by atoms with Gasteiger partial charge in [0.05, 0.1) is 0 Å². The molecule has 3 aromatic rings. The maximum absolute atomic E-state index is 10.9. The molecule has 3 aromatic carbocycles. The lowest BCUT2D eigenvalue weighted by Crippen LogP contribution is -1.86. The van der Waals surface area contributed by atoms with Crippen molar-refractivity contribution < 1.29 is 4.79 Å². The van der Waals surface area contributed by atoms with Crippen LogP contribution in [-0.2, 0) is 0 Å². The number of hydrogen-bond donors (Lipinski definition) is 0. The molecule has 20 heavy (non-hydrogen) atoms. The fraction of sp³-hybridized carbons (Fsp3) is 0. The van der Waals surface area contributed by atoms with Crippen molar-refractivity contribution in [1.29, 1.82) is 0 Å². The number of carbonyl (C=O) groups excluding carboxylic acids is 1. The average Bonchev–Trinajstić information content (AvgIpc) is 2.56. The first-order chi connectivity index (χ1) is 9.88. The van der Waals surface area contributed by atoms with Crippen LogP contribution >= 0.6 is 0 Å². The first-order valence-electron chi connectivity index (χ1n) is 6.58. The van der Waals surface area contributed by atoms with E-state index in [2.05, 4.69) is 24.3 Å². The number of aldehydes is 1. The highest BCUT2D eigenvalue weighted by Gasteiger charge is 2.06. The number of benzene rings is 3. The van der Waals surface area contributed by atoms with Crippen molar-refractivity contribution in [2.45, 2.75) is 0 Å². The Morgan fingerprint density at radius 2 is 1.20 bits per heavy atom. The molecule has 0 saturated carbocycles. The van der Waals surface area contributed by atoms with Crippen molar-refractivity contribution in [3.05, 3.63) is 84.4 Å². The Morgan fingerprint density at radius 1 is 0.600 bits per heavy atom. The second kappa shape index (κ2) is 5.54. The van der Waals surface area contributed by atoms with Gasteiger partial charge in [-0.05, 0) is 28.3 Å². The minimum absolute atomic E-state index is 0.699. The summed E-state index contributed by atoms with van der Waals surface area (Å²) in [5.41, 5.74) is 5.26. The second-order valence-corrected chi connectivity index (χ2v) is 4.65. The van der Waals surface area contributed by atoms with E-state index < -0.39 is 0 Å². The van der Waals surface area contributed by atoms with E-state index in [4.69, 9.17) is 0 Å². The quantitative estimate of drug-likeness (QED) is 0.615.